The molecule has 2 aliphatic rings. The zero-order valence-corrected chi connectivity index (χ0v) is 14.1. The quantitative estimate of drug-likeness (QED) is 0.632. The molecular formula is C15H22BNO3S. The third kappa shape index (κ3) is 3.08. The van der Waals surface area contributed by atoms with E-state index in [2.05, 4.69) is 4.98 Å². The summed E-state index contributed by atoms with van der Waals surface area (Å²) in [5.74, 6) is 0.863. The summed E-state index contributed by atoms with van der Waals surface area (Å²) < 4.78 is 18.1. The first-order valence-corrected chi connectivity index (χ1v) is 8.61. The maximum atomic E-state index is 6.08. The monoisotopic (exact) mass is 307 g/mol. The third-order valence-electron chi connectivity index (χ3n) is 4.33. The fraction of sp³-hybridized carbons (Fsp3) is 0.667. The van der Waals surface area contributed by atoms with E-state index in [1.807, 2.05) is 46.1 Å². The van der Waals surface area contributed by atoms with E-state index in [-0.39, 0.29) is 11.2 Å². The Morgan fingerprint density at radius 2 is 1.81 bits per heavy atom. The molecular weight excluding hydrogens is 285 g/mol. The molecule has 1 aliphatic heterocycles. The van der Waals surface area contributed by atoms with Crippen molar-refractivity contribution in [1.82, 2.24) is 4.98 Å². The zero-order valence-electron chi connectivity index (χ0n) is 13.3. The van der Waals surface area contributed by atoms with E-state index in [4.69, 9.17) is 14.0 Å². The summed E-state index contributed by atoms with van der Waals surface area (Å²) in [5.41, 5.74) is 0.0782. The molecule has 0 radical (unpaired) electrons. The van der Waals surface area contributed by atoms with Crippen LogP contribution in [0.4, 0.5) is 0 Å². The van der Waals surface area contributed by atoms with Gasteiger partial charge in [-0.05, 0) is 52.9 Å². The van der Waals surface area contributed by atoms with Gasteiger partial charge in [-0.1, -0.05) is 0 Å². The fourth-order valence-electron chi connectivity index (χ4n) is 2.14. The number of thioether (sulfide) groups is 1. The van der Waals surface area contributed by atoms with E-state index in [9.17, 15) is 0 Å². The van der Waals surface area contributed by atoms with Crippen LogP contribution in [0.2, 0.25) is 0 Å². The molecule has 0 spiro atoms. The van der Waals surface area contributed by atoms with Gasteiger partial charge in [0, 0.05) is 6.07 Å². The maximum absolute atomic E-state index is 6.08. The topological polar surface area (TPSA) is 40.6 Å². The molecule has 2 fully saturated rings. The van der Waals surface area contributed by atoms with Crippen LogP contribution in [0.5, 0.6) is 5.75 Å². The molecule has 1 saturated carbocycles. The van der Waals surface area contributed by atoms with E-state index in [0.717, 1.165) is 29.2 Å². The average molecular weight is 307 g/mol. The van der Waals surface area contributed by atoms with Crippen molar-refractivity contribution in [2.45, 2.75) is 62.9 Å². The highest BCUT2D eigenvalue weighted by molar-refractivity contribution is 7.98. The second-order valence-electron chi connectivity index (χ2n) is 6.68. The Hall–Kier alpha value is -0.715. The van der Waals surface area contributed by atoms with Gasteiger partial charge in [-0.3, -0.25) is 4.98 Å². The molecule has 4 nitrogen and oxygen atoms in total. The number of hydrogen-bond acceptors (Lipinski definition) is 5. The Morgan fingerprint density at radius 1 is 1.19 bits per heavy atom. The van der Waals surface area contributed by atoms with E-state index in [0.29, 0.717) is 6.10 Å². The average Bonchev–Trinajstić information content (AvgIpc) is 3.16. The molecule has 3 rings (SSSR count). The molecule has 1 aliphatic carbocycles. The first-order valence-electron chi connectivity index (χ1n) is 7.39. The van der Waals surface area contributed by atoms with E-state index >= 15 is 0 Å². The van der Waals surface area contributed by atoms with Crippen molar-refractivity contribution < 1.29 is 14.0 Å². The van der Waals surface area contributed by atoms with Crippen LogP contribution in [0, 0.1) is 0 Å². The van der Waals surface area contributed by atoms with Crippen molar-refractivity contribution in [2.75, 3.05) is 6.26 Å². The van der Waals surface area contributed by atoms with Crippen LogP contribution in [0.25, 0.3) is 0 Å². The Kier molecular flexibility index (Phi) is 3.75. The highest BCUT2D eigenvalue weighted by Gasteiger charge is 2.52. The number of ether oxygens (including phenoxy) is 1. The van der Waals surface area contributed by atoms with Gasteiger partial charge in [-0.25, -0.2) is 0 Å². The summed E-state index contributed by atoms with van der Waals surface area (Å²) in [4.78, 5) is 4.63. The number of hydrogen-bond donors (Lipinski definition) is 0. The summed E-state index contributed by atoms with van der Waals surface area (Å²) in [5, 5.41) is 0.929. The largest absolute Gasteiger partial charge is 0.514 e. The van der Waals surface area contributed by atoms with E-state index in [1.165, 1.54) is 0 Å². The lowest BCUT2D eigenvalue weighted by atomic mass is 9.84. The highest BCUT2D eigenvalue weighted by atomic mass is 32.2. The van der Waals surface area contributed by atoms with Gasteiger partial charge in [0.05, 0.1) is 27.9 Å². The molecule has 0 N–H and O–H groups in total. The molecule has 0 aromatic carbocycles. The molecule has 1 aromatic rings. The van der Waals surface area contributed by atoms with Gasteiger partial charge in [-0.2, -0.15) is 0 Å². The second-order valence-corrected chi connectivity index (χ2v) is 7.50. The SMILES string of the molecule is CSc1cc(OC2CC2)cc(B2OC(C)(C)C(C)(C)O2)n1. The van der Waals surface area contributed by atoms with Crippen molar-refractivity contribution >= 4 is 24.5 Å². The Bertz CT molecular complexity index is 530. The predicted molar refractivity (Wildman–Crippen MR) is 85.4 cm³/mol. The minimum Gasteiger partial charge on any atom is -0.490 e. The smallest absolute Gasteiger partial charge is 0.490 e. The van der Waals surface area contributed by atoms with E-state index < -0.39 is 7.12 Å². The molecule has 0 bridgehead atoms. The van der Waals surface area contributed by atoms with Crippen molar-refractivity contribution in [3.8, 4) is 5.75 Å². The first kappa shape index (κ1) is 15.2. The van der Waals surface area contributed by atoms with Gasteiger partial charge < -0.3 is 14.0 Å². The Morgan fingerprint density at radius 3 is 2.33 bits per heavy atom. The van der Waals surface area contributed by atoms with Crippen LogP contribution in [-0.4, -0.2) is 35.7 Å². The maximum Gasteiger partial charge on any atom is 0.514 e. The van der Waals surface area contributed by atoms with Crippen LogP contribution in [0.15, 0.2) is 17.2 Å². The molecule has 2 heterocycles. The number of nitrogens with zero attached hydrogens (tertiary/aromatic N) is 1. The van der Waals surface area contributed by atoms with Crippen LogP contribution >= 0.6 is 11.8 Å². The Labute approximate surface area is 131 Å². The van der Waals surface area contributed by atoms with Gasteiger partial charge >= 0.3 is 7.12 Å². The van der Waals surface area contributed by atoms with Crippen molar-refractivity contribution in [2.24, 2.45) is 0 Å². The number of pyridine rings is 1. The second kappa shape index (κ2) is 5.18. The van der Waals surface area contributed by atoms with Crippen molar-refractivity contribution in [3.05, 3.63) is 12.1 Å². The van der Waals surface area contributed by atoms with Crippen LogP contribution in [0.3, 0.4) is 0 Å². The van der Waals surface area contributed by atoms with Gasteiger partial charge in [0.15, 0.2) is 0 Å². The lowest BCUT2D eigenvalue weighted by Crippen LogP contribution is -2.41. The predicted octanol–water partition coefficient (Wildman–Crippen LogP) is 2.64. The highest BCUT2D eigenvalue weighted by Crippen LogP contribution is 2.37. The minimum atomic E-state index is -0.441. The minimum absolute atomic E-state index is 0.355. The molecule has 1 saturated heterocycles. The molecule has 21 heavy (non-hydrogen) atoms. The van der Waals surface area contributed by atoms with Gasteiger partial charge in [0.25, 0.3) is 0 Å². The van der Waals surface area contributed by atoms with E-state index in [1.54, 1.807) is 11.8 Å². The van der Waals surface area contributed by atoms with Crippen LogP contribution in [0.1, 0.15) is 40.5 Å². The summed E-state index contributed by atoms with van der Waals surface area (Å²) in [6, 6.07) is 3.93. The van der Waals surface area contributed by atoms with Gasteiger partial charge in [0.1, 0.15) is 5.75 Å². The number of aromatic nitrogens is 1. The lowest BCUT2D eigenvalue weighted by Gasteiger charge is -2.32. The molecule has 6 heteroatoms. The third-order valence-corrected chi connectivity index (χ3v) is 4.95. The van der Waals surface area contributed by atoms with Crippen molar-refractivity contribution in [1.29, 1.82) is 0 Å². The summed E-state index contributed by atoms with van der Waals surface area (Å²) in [6.45, 7) is 8.19. The normalized spacial score (nSPS) is 23.4. The van der Waals surface area contributed by atoms with Gasteiger partial charge in [0.2, 0.25) is 0 Å². The lowest BCUT2D eigenvalue weighted by molar-refractivity contribution is 0.00578. The first-order chi connectivity index (χ1) is 9.80. The van der Waals surface area contributed by atoms with Crippen molar-refractivity contribution in [3.63, 3.8) is 0 Å². The fourth-order valence-corrected chi connectivity index (χ4v) is 2.57. The molecule has 0 unspecified atom stereocenters. The molecule has 1 aromatic heterocycles. The van der Waals surface area contributed by atoms with Crippen LogP contribution < -0.4 is 10.3 Å². The zero-order chi connectivity index (χ0) is 15.3. The van der Waals surface area contributed by atoms with Gasteiger partial charge in [-0.15, -0.1) is 11.8 Å². The molecule has 114 valence electrons. The summed E-state index contributed by atoms with van der Waals surface area (Å²) in [7, 11) is -0.441. The summed E-state index contributed by atoms with van der Waals surface area (Å²) >= 11 is 1.60. The molecule has 0 atom stereocenters. The standard InChI is InChI=1S/C15H22BNO3S/c1-14(2)15(3,4)20-16(19-14)12-8-11(18-10-6-7-10)9-13(17-12)21-5/h8-10H,6-7H2,1-5H3. The summed E-state index contributed by atoms with van der Waals surface area (Å²) in [6.07, 6.45) is 4.66. The molecule has 0 amide bonds. The number of rotatable bonds is 4. The Balaban J connectivity index is 1.87. The van der Waals surface area contributed by atoms with Crippen LogP contribution in [-0.2, 0) is 9.31 Å².